The van der Waals surface area contributed by atoms with Crippen molar-refractivity contribution in [3.63, 3.8) is 0 Å². The molecule has 2 aromatic carbocycles. The van der Waals surface area contributed by atoms with Crippen molar-refractivity contribution >= 4 is 32.7 Å². The van der Waals surface area contributed by atoms with E-state index < -0.39 is 22.1 Å². The van der Waals surface area contributed by atoms with E-state index >= 15 is 0 Å². The van der Waals surface area contributed by atoms with Gasteiger partial charge in [0, 0.05) is 24.0 Å². The molecule has 0 saturated heterocycles. The lowest BCUT2D eigenvalue weighted by molar-refractivity contribution is 0.237. The van der Waals surface area contributed by atoms with Gasteiger partial charge in [-0.2, -0.15) is 0 Å². The molecule has 0 bridgehead atoms. The molecule has 31 heavy (non-hydrogen) atoms. The highest BCUT2D eigenvalue weighted by molar-refractivity contribution is 7.92. The van der Waals surface area contributed by atoms with Crippen LogP contribution in [0.4, 0.5) is 14.9 Å². The molecule has 0 fully saturated rings. The molecule has 7 nitrogen and oxygen atoms in total. The van der Waals surface area contributed by atoms with Gasteiger partial charge in [-0.3, -0.25) is 4.31 Å². The highest BCUT2D eigenvalue weighted by Gasteiger charge is 2.29. The third-order valence-corrected chi connectivity index (χ3v) is 7.27. The number of anilines is 1. The zero-order chi connectivity index (χ0) is 22.2. The number of para-hydroxylation sites is 1. The number of benzene rings is 2. The minimum Gasteiger partial charge on any atom is -0.459 e. The molecule has 164 valence electrons. The monoisotopic (exact) mass is 445 g/mol. The van der Waals surface area contributed by atoms with Gasteiger partial charge >= 0.3 is 6.03 Å². The normalized spacial score (nSPS) is 14.5. The van der Waals surface area contributed by atoms with Crippen LogP contribution in [0, 0.1) is 12.7 Å². The van der Waals surface area contributed by atoms with Crippen molar-refractivity contribution in [2.45, 2.75) is 26.3 Å². The summed E-state index contributed by atoms with van der Waals surface area (Å²) in [5, 5.41) is 5.98. The van der Waals surface area contributed by atoms with Crippen molar-refractivity contribution in [2.75, 3.05) is 23.1 Å². The van der Waals surface area contributed by atoms with Gasteiger partial charge in [-0.05, 0) is 50.1 Å². The van der Waals surface area contributed by atoms with Crippen molar-refractivity contribution in [3.05, 3.63) is 65.2 Å². The lowest BCUT2D eigenvalue weighted by Gasteiger charge is -2.20. The quantitative estimate of drug-likeness (QED) is 0.606. The van der Waals surface area contributed by atoms with E-state index in [1.54, 1.807) is 26.0 Å². The summed E-state index contributed by atoms with van der Waals surface area (Å²) in [5.41, 5.74) is 3.00. The van der Waals surface area contributed by atoms with Gasteiger partial charge in [0.2, 0.25) is 10.0 Å². The summed E-state index contributed by atoms with van der Waals surface area (Å²) in [6, 6.07) is 10.7. The number of nitrogens with one attached hydrogen (secondary N) is 2. The average molecular weight is 446 g/mol. The van der Waals surface area contributed by atoms with E-state index in [9.17, 15) is 17.6 Å². The van der Waals surface area contributed by atoms with Gasteiger partial charge in [0.25, 0.3) is 0 Å². The molecule has 1 unspecified atom stereocenters. The van der Waals surface area contributed by atoms with Gasteiger partial charge in [-0.15, -0.1) is 0 Å². The number of hydrogen-bond donors (Lipinski definition) is 2. The van der Waals surface area contributed by atoms with E-state index in [1.807, 2.05) is 18.2 Å². The van der Waals surface area contributed by atoms with Crippen LogP contribution in [-0.4, -0.2) is 33.3 Å². The molecule has 3 aromatic rings. The van der Waals surface area contributed by atoms with Crippen LogP contribution in [-0.2, 0) is 16.4 Å². The summed E-state index contributed by atoms with van der Waals surface area (Å²) in [6.07, 6.45) is 0.682. The molecule has 0 radical (unpaired) electrons. The number of carbonyl (C=O) groups is 1. The van der Waals surface area contributed by atoms with Crippen LogP contribution in [0.15, 0.2) is 46.9 Å². The molecule has 1 aliphatic heterocycles. The molecule has 9 heteroatoms. The first kappa shape index (κ1) is 21.2. The fourth-order valence-corrected chi connectivity index (χ4v) is 5.37. The highest BCUT2D eigenvalue weighted by Crippen LogP contribution is 2.31. The molecule has 1 aliphatic rings. The smallest absolute Gasteiger partial charge is 0.315 e. The van der Waals surface area contributed by atoms with Crippen LogP contribution in [0.3, 0.4) is 0 Å². The summed E-state index contributed by atoms with van der Waals surface area (Å²) < 4.78 is 46.1. The lowest BCUT2D eigenvalue weighted by Crippen LogP contribution is -2.41. The Labute approximate surface area is 180 Å². The number of carbonyl (C=O) groups excluding carboxylic acids is 1. The average Bonchev–Trinajstić information content (AvgIpc) is 3.30. The first-order valence-electron chi connectivity index (χ1n) is 10.1. The molecular formula is C22H24FN3O4S. The van der Waals surface area contributed by atoms with Crippen molar-refractivity contribution < 1.29 is 22.0 Å². The largest absolute Gasteiger partial charge is 0.459 e. The second-order valence-electron chi connectivity index (χ2n) is 7.62. The number of urea groups is 1. The lowest BCUT2D eigenvalue weighted by atomic mass is 10.1. The van der Waals surface area contributed by atoms with Crippen molar-refractivity contribution in [2.24, 2.45) is 0 Å². The Balaban J connectivity index is 1.34. The SMILES string of the molecule is Cc1c(C(C)NC(=O)NCCS(=O)(=O)N2CCc3ccccc32)oc2ccc(F)cc12. The minimum atomic E-state index is -3.54. The summed E-state index contributed by atoms with van der Waals surface area (Å²) in [5.74, 6) is -0.0355. The van der Waals surface area contributed by atoms with Gasteiger partial charge < -0.3 is 15.1 Å². The van der Waals surface area contributed by atoms with Crippen LogP contribution in [0.2, 0.25) is 0 Å². The van der Waals surface area contributed by atoms with Crippen LogP contribution >= 0.6 is 0 Å². The van der Waals surface area contributed by atoms with Crippen molar-refractivity contribution in [3.8, 4) is 0 Å². The highest BCUT2D eigenvalue weighted by atomic mass is 32.2. The summed E-state index contributed by atoms with van der Waals surface area (Å²) in [6.45, 7) is 3.94. The number of aryl methyl sites for hydroxylation is 1. The predicted octanol–water partition coefficient (Wildman–Crippen LogP) is 3.63. The number of sulfonamides is 1. The van der Waals surface area contributed by atoms with Crippen LogP contribution in [0.5, 0.6) is 0 Å². The summed E-state index contributed by atoms with van der Waals surface area (Å²) in [4.78, 5) is 12.3. The van der Waals surface area contributed by atoms with Crippen LogP contribution in [0.25, 0.3) is 11.0 Å². The van der Waals surface area contributed by atoms with Crippen molar-refractivity contribution in [1.29, 1.82) is 0 Å². The maximum Gasteiger partial charge on any atom is 0.315 e. The number of halogens is 1. The van der Waals surface area contributed by atoms with Crippen LogP contribution in [0.1, 0.15) is 29.9 Å². The topological polar surface area (TPSA) is 91.7 Å². The maximum atomic E-state index is 13.5. The molecule has 2 heterocycles. The second kappa shape index (κ2) is 8.22. The van der Waals surface area contributed by atoms with Crippen molar-refractivity contribution in [1.82, 2.24) is 10.6 Å². The zero-order valence-electron chi connectivity index (χ0n) is 17.3. The number of nitrogens with zero attached hydrogens (tertiary/aromatic N) is 1. The first-order chi connectivity index (χ1) is 14.8. The molecule has 2 N–H and O–H groups in total. The Hall–Kier alpha value is -3.07. The van der Waals surface area contributed by atoms with Crippen LogP contribution < -0.4 is 14.9 Å². The standard InChI is InChI=1S/C22H24FN3O4S/c1-14-18-13-17(23)7-8-20(18)30-21(14)15(2)25-22(27)24-10-12-31(28,29)26-11-9-16-5-3-4-6-19(16)26/h3-8,13,15H,9-12H2,1-2H3,(H2,24,25,27). The third-order valence-electron chi connectivity index (χ3n) is 5.50. The Morgan fingerprint density at radius 3 is 2.84 bits per heavy atom. The van der Waals surface area contributed by atoms with Gasteiger partial charge in [0.05, 0.1) is 17.5 Å². The Bertz CT molecular complexity index is 1240. The second-order valence-corrected chi connectivity index (χ2v) is 9.63. The zero-order valence-corrected chi connectivity index (χ0v) is 18.1. The van der Waals surface area contributed by atoms with E-state index in [4.69, 9.17) is 4.42 Å². The molecule has 1 atom stereocenters. The Kier molecular flexibility index (Phi) is 5.62. The molecule has 0 spiro atoms. The third kappa shape index (κ3) is 4.23. The van der Waals surface area contributed by atoms with E-state index in [-0.39, 0.29) is 18.1 Å². The fraction of sp³-hybridized carbons (Fsp3) is 0.318. The van der Waals surface area contributed by atoms with E-state index in [1.165, 1.54) is 16.4 Å². The number of amides is 2. The molecule has 0 saturated carbocycles. The van der Waals surface area contributed by atoms with Gasteiger partial charge in [0.1, 0.15) is 17.2 Å². The predicted molar refractivity (Wildman–Crippen MR) is 117 cm³/mol. The molecule has 0 aliphatic carbocycles. The summed E-state index contributed by atoms with van der Waals surface area (Å²) >= 11 is 0. The van der Waals surface area contributed by atoms with E-state index in [0.29, 0.717) is 35.4 Å². The minimum absolute atomic E-state index is 0.0239. The molecule has 4 rings (SSSR count). The summed E-state index contributed by atoms with van der Waals surface area (Å²) in [7, 11) is -3.54. The van der Waals surface area contributed by atoms with Gasteiger partial charge in [-0.25, -0.2) is 17.6 Å². The number of hydrogen-bond acceptors (Lipinski definition) is 4. The van der Waals surface area contributed by atoms with Gasteiger partial charge in [-0.1, -0.05) is 18.2 Å². The molecular weight excluding hydrogens is 421 g/mol. The first-order valence-corrected chi connectivity index (χ1v) is 11.7. The number of rotatable bonds is 6. The molecule has 2 amide bonds. The van der Waals surface area contributed by atoms with E-state index in [2.05, 4.69) is 10.6 Å². The fourth-order valence-electron chi connectivity index (χ4n) is 3.94. The number of fused-ring (bicyclic) bond motifs is 2. The van der Waals surface area contributed by atoms with E-state index in [0.717, 1.165) is 11.1 Å². The Morgan fingerprint density at radius 2 is 2.03 bits per heavy atom. The Morgan fingerprint density at radius 1 is 1.26 bits per heavy atom. The number of furan rings is 1. The van der Waals surface area contributed by atoms with Gasteiger partial charge in [0.15, 0.2) is 0 Å². The maximum absolute atomic E-state index is 13.5. The molecule has 1 aromatic heterocycles.